The fourth-order valence-electron chi connectivity index (χ4n) is 2.38. The summed E-state index contributed by atoms with van der Waals surface area (Å²) in [5.74, 6) is 0.659. The molecule has 1 aliphatic heterocycles. The fourth-order valence-corrected chi connectivity index (χ4v) is 2.38. The standard InChI is InChI=1S/C17H27NO/c1-13(17(2,3)4)11-18-12-16-15-8-6-5-7-14(15)9-10-19-16/h5-8,13,16,18H,9-12H2,1-4H3. The van der Waals surface area contributed by atoms with Gasteiger partial charge in [0.2, 0.25) is 0 Å². The first-order chi connectivity index (χ1) is 8.98. The quantitative estimate of drug-likeness (QED) is 0.894. The summed E-state index contributed by atoms with van der Waals surface area (Å²) in [6.45, 7) is 12.0. The van der Waals surface area contributed by atoms with Gasteiger partial charge in [0.1, 0.15) is 0 Å². The number of nitrogens with one attached hydrogen (secondary N) is 1. The van der Waals surface area contributed by atoms with Gasteiger partial charge in [-0.1, -0.05) is 52.0 Å². The van der Waals surface area contributed by atoms with Crippen LogP contribution in [-0.4, -0.2) is 19.7 Å². The number of ether oxygens (including phenoxy) is 1. The minimum absolute atomic E-state index is 0.220. The maximum Gasteiger partial charge on any atom is 0.0952 e. The summed E-state index contributed by atoms with van der Waals surface area (Å²) in [7, 11) is 0. The van der Waals surface area contributed by atoms with E-state index in [1.807, 2.05) is 0 Å². The van der Waals surface area contributed by atoms with Crippen LogP contribution in [0.25, 0.3) is 0 Å². The number of hydrogen-bond donors (Lipinski definition) is 1. The van der Waals surface area contributed by atoms with Crippen molar-refractivity contribution in [2.24, 2.45) is 11.3 Å². The van der Waals surface area contributed by atoms with Crippen LogP contribution >= 0.6 is 0 Å². The zero-order valence-corrected chi connectivity index (χ0v) is 12.7. The number of hydrogen-bond acceptors (Lipinski definition) is 2. The van der Waals surface area contributed by atoms with Gasteiger partial charge in [-0.2, -0.15) is 0 Å². The average molecular weight is 261 g/mol. The largest absolute Gasteiger partial charge is 0.372 e. The molecule has 2 heteroatoms. The highest BCUT2D eigenvalue weighted by molar-refractivity contribution is 5.31. The van der Waals surface area contributed by atoms with E-state index in [0.29, 0.717) is 11.3 Å². The molecule has 1 aromatic carbocycles. The summed E-state index contributed by atoms with van der Waals surface area (Å²) in [6, 6.07) is 8.66. The van der Waals surface area contributed by atoms with Crippen LogP contribution in [0.4, 0.5) is 0 Å². The summed E-state index contributed by atoms with van der Waals surface area (Å²) < 4.78 is 5.91. The average Bonchev–Trinajstić information content (AvgIpc) is 2.38. The van der Waals surface area contributed by atoms with Gasteiger partial charge in [0, 0.05) is 6.54 Å². The molecule has 2 rings (SSSR count). The van der Waals surface area contributed by atoms with Crippen molar-refractivity contribution in [2.45, 2.75) is 40.2 Å². The summed E-state index contributed by atoms with van der Waals surface area (Å²) >= 11 is 0. The van der Waals surface area contributed by atoms with Crippen molar-refractivity contribution in [2.75, 3.05) is 19.7 Å². The Hall–Kier alpha value is -0.860. The third kappa shape index (κ3) is 3.80. The van der Waals surface area contributed by atoms with Crippen molar-refractivity contribution in [1.82, 2.24) is 5.32 Å². The first-order valence-electron chi connectivity index (χ1n) is 7.38. The van der Waals surface area contributed by atoms with Crippen molar-refractivity contribution in [3.8, 4) is 0 Å². The van der Waals surface area contributed by atoms with Crippen LogP contribution in [0.5, 0.6) is 0 Å². The molecule has 0 bridgehead atoms. The van der Waals surface area contributed by atoms with Crippen LogP contribution in [-0.2, 0) is 11.2 Å². The zero-order chi connectivity index (χ0) is 13.9. The van der Waals surface area contributed by atoms with Gasteiger partial charge >= 0.3 is 0 Å². The molecule has 1 aliphatic rings. The molecule has 0 radical (unpaired) electrons. The second-order valence-electron chi connectivity index (χ2n) is 6.73. The molecule has 2 nitrogen and oxygen atoms in total. The number of rotatable bonds is 4. The van der Waals surface area contributed by atoms with E-state index in [0.717, 1.165) is 26.1 Å². The van der Waals surface area contributed by atoms with Gasteiger partial charge in [-0.3, -0.25) is 0 Å². The van der Waals surface area contributed by atoms with E-state index >= 15 is 0 Å². The Bertz CT molecular complexity index is 408. The van der Waals surface area contributed by atoms with Crippen LogP contribution in [0.2, 0.25) is 0 Å². The topological polar surface area (TPSA) is 21.3 Å². The van der Waals surface area contributed by atoms with Crippen LogP contribution in [0.3, 0.4) is 0 Å². The normalized spacial score (nSPS) is 20.9. The molecule has 19 heavy (non-hydrogen) atoms. The molecule has 1 aromatic rings. The Morgan fingerprint density at radius 3 is 2.79 bits per heavy atom. The van der Waals surface area contributed by atoms with Crippen LogP contribution in [0.1, 0.15) is 44.9 Å². The molecule has 0 saturated heterocycles. The number of benzene rings is 1. The summed E-state index contributed by atoms with van der Waals surface area (Å²) in [5.41, 5.74) is 3.17. The van der Waals surface area contributed by atoms with E-state index in [2.05, 4.69) is 57.3 Å². The van der Waals surface area contributed by atoms with Gasteiger partial charge < -0.3 is 10.1 Å². The highest BCUT2D eigenvalue weighted by Crippen LogP contribution is 2.27. The molecule has 0 aromatic heterocycles. The summed E-state index contributed by atoms with van der Waals surface area (Å²) in [4.78, 5) is 0. The van der Waals surface area contributed by atoms with Crippen molar-refractivity contribution in [1.29, 1.82) is 0 Å². The first kappa shape index (κ1) is 14.5. The van der Waals surface area contributed by atoms with Crippen LogP contribution in [0.15, 0.2) is 24.3 Å². The number of fused-ring (bicyclic) bond motifs is 1. The van der Waals surface area contributed by atoms with Gasteiger partial charge in [0.15, 0.2) is 0 Å². The van der Waals surface area contributed by atoms with Crippen LogP contribution < -0.4 is 5.32 Å². The molecule has 2 atom stereocenters. The minimum atomic E-state index is 0.220. The molecule has 2 unspecified atom stereocenters. The molecular formula is C17H27NO. The summed E-state index contributed by atoms with van der Waals surface area (Å²) in [5, 5.41) is 3.58. The van der Waals surface area contributed by atoms with Crippen molar-refractivity contribution in [3.63, 3.8) is 0 Å². The maximum atomic E-state index is 5.91. The van der Waals surface area contributed by atoms with E-state index in [1.165, 1.54) is 11.1 Å². The molecule has 0 spiro atoms. The second-order valence-corrected chi connectivity index (χ2v) is 6.73. The predicted octanol–water partition coefficient (Wildman–Crippen LogP) is 3.57. The third-order valence-electron chi connectivity index (χ3n) is 4.35. The molecule has 0 fully saturated rings. The predicted molar refractivity (Wildman–Crippen MR) is 80.3 cm³/mol. The molecular weight excluding hydrogens is 234 g/mol. The highest BCUT2D eigenvalue weighted by atomic mass is 16.5. The third-order valence-corrected chi connectivity index (χ3v) is 4.35. The molecule has 1 N–H and O–H groups in total. The Morgan fingerprint density at radius 2 is 2.05 bits per heavy atom. The Morgan fingerprint density at radius 1 is 1.32 bits per heavy atom. The van der Waals surface area contributed by atoms with Gasteiger partial charge in [0.25, 0.3) is 0 Å². The molecule has 0 saturated carbocycles. The first-order valence-corrected chi connectivity index (χ1v) is 7.38. The lowest BCUT2D eigenvalue weighted by Gasteiger charge is -2.30. The monoisotopic (exact) mass is 261 g/mol. The van der Waals surface area contributed by atoms with E-state index in [4.69, 9.17) is 4.74 Å². The van der Waals surface area contributed by atoms with Crippen molar-refractivity contribution < 1.29 is 4.74 Å². The molecule has 0 aliphatic carbocycles. The van der Waals surface area contributed by atoms with Gasteiger partial charge in [-0.15, -0.1) is 0 Å². The summed E-state index contributed by atoms with van der Waals surface area (Å²) in [6.07, 6.45) is 1.27. The maximum absolute atomic E-state index is 5.91. The lowest BCUT2D eigenvalue weighted by Crippen LogP contribution is -2.34. The Labute approximate surface area is 117 Å². The SMILES string of the molecule is CC(CNCC1OCCc2ccccc21)C(C)(C)C. The fraction of sp³-hybridized carbons (Fsp3) is 0.647. The van der Waals surface area contributed by atoms with Gasteiger partial charge in [-0.05, 0) is 35.4 Å². The lowest BCUT2D eigenvalue weighted by molar-refractivity contribution is 0.0411. The molecule has 0 amide bonds. The van der Waals surface area contributed by atoms with Crippen LogP contribution in [0, 0.1) is 11.3 Å². The van der Waals surface area contributed by atoms with E-state index in [9.17, 15) is 0 Å². The van der Waals surface area contributed by atoms with Gasteiger partial charge in [-0.25, -0.2) is 0 Å². The smallest absolute Gasteiger partial charge is 0.0952 e. The molecule has 106 valence electrons. The lowest BCUT2D eigenvalue weighted by atomic mass is 9.82. The molecule has 1 heterocycles. The van der Waals surface area contributed by atoms with Crippen molar-refractivity contribution in [3.05, 3.63) is 35.4 Å². The Balaban J connectivity index is 1.88. The van der Waals surface area contributed by atoms with E-state index < -0.39 is 0 Å². The minimum Gasteiger partial charge on any atom is -0.372 e. The van der Waals surface area contributed by atoms with Gasteiger partial charge in [0.05, 0.1) is 12.7 Å². The second kappa shape index (κ2) is 6.06. The van der Waals surface area contributed by atoms with Crippen molar-refractivity contribution >= 4 is 0 Å². The van der Waals surface area contributed by atoms with E-state index in [1.54, 1.807) is 0 Å². The Kier molecular flexibility index (Phi) is 4.64. The highest BCUT2D eigenvalue weighted by Gasteiger charge is 2.22. The van der Waals surface area contributed by atoms with E-state index in [-0.39, 0.29) is 6.10 Å². The zero-order valence-electron chi connectivity index (χ0n) is 12.7.